The topological polar surface area (TPSA) is 98.0 Å². The highest BCUT2D eigenvalue weighted by Gasteiger charge is 2.48. The fourth-order valence-electron chi connectivity index (χ4n) is 2.27. The number of rotatable bonds is 4. The van der Waals surface area contributed by atoms with Crippen LogP contribution in [0, 0.1) is 23.7 Å². The smallest absolute Gasteiger partial charge is 0.144 e. The lowest BCUT2D eigenvalue weighted by Gasteiger charge is -2.20. The van der Waals surface area contributed by atoms with Gasteiger partial charge in [-0.1, -0.05) is 0 Å². The molecule has 0 aromatic heterocycles. The third kappa shape index (κ3) is 1.68. The molecule has 4 N–H and O–H groups in total. The van der Waals surface area contributed by atoms with Crippen LogP contribution in [-0.4, -0.2) is 52.6 Å². The molecule has 0 spiro atoms. The van der Waals surface area contributed by atoms with Crippen molar-refractivity contribution in [3.63, 3.8) is 0 Å². The van der Waals surface area contributed by atoms with Crippen LogP contribution in [0.2, 0.25) is 0 Å². The van der Waals surface area contributed by atoms with Crippen LogP contribution in [0.25, 0.3) is 0 Å². The normalized spacial score (nSPS) is 37.9. The minimum absolute atomic E-state index is 0.251. The van der Waals surface area contributed by atoms with E-state index in [0.717, 1.165) is 0 Å². The highest BCUT2D eigenvalue weighted by molar-refractivity contribution is 5.86. The van der Waals surface area contributed by atoms with Gasteiger partial charge in [0.1, 0.15) is 5.78 Å². The van der Waals surface area contributed by atoms with E-state index in [1.54, 1.807) is 0 Å². The van der Waals surface area contributed by atoms with Gasteiger partial charge in [-0.15, -0.1) is 0 Å². The van der Waals surface area contributed by atoms with E-state index in [1.165, 1.54) is 0 Å². The van der Waals surface area contributed by atoms with Gasteiger partial charge in [0.25, 0.3) is 0 Å². The summed E-state index contributed by atoms with van der Waals surface area (Å²) >= 11 is 0. The van der Waals surface area contributed by atoms with Gasteiger partial charge in [0, 0.05) is 25.0 Å². The van der Waals surface area contributed by atoms with Crippen LogP contribution in [-0.2, 0) is 4.79 Å². The molecule has 0 aromatic carbocycles. The van der Waals surface area contributed by atoms with E-state index in [4.69, 9.17) is 20.4 Å². The first kappa shape index (κ1) is 11.6. The van der Waals surface area contributed by atoms with Crippen molar-refractivity contribution in [3.8, 4) is 0 Å². The van der Waals surface area contributed by atoms with Gasteiger partial charge in [-0.2, -0.15) is 0 Å². The number of Topliss-reactive ketones (excluding diaryl/α,β-unsaturated/α-hetero) is 1. The van der Waals surface area contributed by atoms with E-state index in [-0.39, 0.29) is 32.2 Å². The van der Waals surface area contributed by atoms with Crippen molar-refractivity contribution in [1.29, 1.82) is 0 Å². The van der Waals surface area contributed by atoms with E-state index >= 15 is 0 Å². The molecule has 4 atom stereocenters. The summed E-state index contributed by atoms with van der Waals surface area (Å²) in [6.45, 7) is -1.18. The summed E-state index contributed by atoms with van der Waals surface area (Å²) in [5, 5.41) is 36.0. The zero-order valence-corrected chi connectivity index (χ0v) is 7.83. The Labute approximate surface area is 82.0 Å². The van der Waals surface area contributed by atoms with Crippen LogP contribution >= 0.6 is 0 Å². The molecule has 0 unspecified atom stereocenters. The summed E-state index contributed by atoms with van der Waals surface area (Å²) < 4.78 is 0. The fourth-order valence-corrected chi connectivity index (χ4v) is 2.27. The van der Waals surface area contributed by atoms with Crippen LogP contribution < -0.4 is 0 Å². The molecule has 1 fully saturated rings. The first-order chi connectivity index (χ1) is 6.71. The first-order valence-electron chi connectivity index (χ1n) is 4.68. The van der Waals surface area contributed by atoms with Gasteiger partial charge in [0.05, 0.1) is 13.2 Å². The Bertz CT molecular complexity index is 185. The Morgan fingerprint density at radius 2 is 1.14 bits per heavy atom. The lowest BCUT2D eigenvalue weighted by Crippen LogP contribution is -2.26. The number of ketones is 1. The zero-order chi connectivity index (χ0) is 10.7. The van der Waals surface area contributed by atoms with Crippen molar-refractivity contribution in [2.45, 2.75) is 0 Å². The Balaban J connectivity index is 2.87. The molecule has 1 saturated carbocycles. The summed E-state index contributed by atoms with van der Waals surface area (Å²) in [6, 6.07) is 0. The second kappa shape index (κ2) is 4.84. The molecule has 5 nitrogen and oxygen atoms in total. The van der Waals surface area contributed by atoms with Crippen molar-refractivity contribution in [2.75, 3.05) is 26.4 Å². The average Bonchev–Trinajstić information content (AvgIpc) is 2.48. The lowest BCUT2D eigenvalue weighted by atomic mass is 9.88. The number of carbonyl (C=O) groups excluding carboxylic acids is 1. The molecule has 1 aliphatic carbocycles. The van der Waals surface area contributed by atoms with Crippen molar-refractivity contribution in [3.05, 3.63) is 0 Å². The SMILES string of the molecule is O=C1[C@@H](CO)[C@H](CO)[C@H](CO)[C@H]1CO. The number of aliphatic hydroxyl groups excluding tert-OH is 4. The summed E-state index contributed by atoms with van der Waals surface area (Å²) in [5.74, 6) is -2.42. The van der Waals surface area contributed by atoms with Crippen molar-refractivity contribution >= 4 is 5.78 Å². The van der Waals surface area contributed by atoms with Crippen molar-refractivity contribution in [1.82, 2.24) is 0 Å². The predicted octanol–water partition coefficient (Wildman–Crippen LogP) is -2.00. The fraction of sp³-hybridized carbons (Fsp3) is 0.889. The number of hydrogen-bond acceptors (Lipinski definition) is 5. The molecule has 0 radical (unpaired) electrons. The van der Waals surface area contributed by atoms with Gasteiger partial charge in [0.2, 0.25) is 0 Å². The maximum absolute atomic E-state index is 11.6. The minimum atomic E-state index is -0.644. The van der Waals surface area contributed by atoms with Crippen LogP contribution in [0.5, 0.6) is 0 Å². The maximum atomic E-state index is 11.6. The van der Waals surface area contributed by atoms with E-state index in [2.05, 4.69) is 0 Å². The summed E-state index contributed by atoms with van der Waals surface area (Å²) in [6.07, 6.45) is 0. The van der Waals surface area contributed by atoms with Crippen LogP contribution in [0.3, 0.4) is 0 Å². The third-order valence-electron chi connectivity index (χ3n) is 3.13. The quantitative estimate of drug-likeness (QED) is 0.425. The molecule has 5 heteroatoms. The van der Waals surface area contributed by atoms with Crippen molar-refractivity contribution in [2.24, 2.45) is 23.7 Å². The number of aliphatic hydroxyl groups is 4. The standard InChI is InChI=1S/C9H16O5/c10-1-5-6(2-11)8(4-13)9(14)7(5)3-12/h5-8,10-13H,1-4H2/t5-,6+,7+,8-. The summed E-state index contributed by atoms with van der Waals surface area (Å²) in [4.78, 5) is 11.6. The second-order valence-corrected chi connectivity index (χ2v) is 3.67. The molecular weight excluding hydrogens is 188 g/mol. The largest absolute Gasteiger partial charge is 0.396 e. The third-order valence-corrected chi connectivity index (χ3v) is 3.13. The highest BCUT2D eigenvalue weighted by Crippen LogP contribution is 2.37. The molecule has 82 valence electrons. The molecule has 0 saturated heterocycles. The molecule has 0 aromatic rings. The van der Waals surface area contributed by atoms with E-state index < -0.39 is 23.7 Å². The monoisotopic (exact) mass is 204 g/mol. The zero-order valence-electron chi connectivity index (χ0n) is 7.83. The Kier molecular flexibility index (Phi) is 4.00. The molecule has 0 aliphatic heterocycles. The van der Waals surface area contributed by atoms with Gasteiger partial charge >= 0.3 is 0 Å². The molecule has 1 rings (SSSR count). The molecule has 14 heavy (non-hydrogen) atoms. The van der Waals surface area contributed by atoms with E-state index in [0.29, 0.717) is 0 Å². The molecule has 0 bridgehead atoms. The highest BCUT2D eigenvalue weighted by atomic mass is 16.3. The van der Waals surface area contributed by atoms with Gasteiger partial charge in [-0.25, -0.2) is 0 Å². The summed E-state index contributed by atoms with van der Waals surface area (Å²) in [5.41, 5.74) is 0. The van der Waals surface area contributed by atoms with Gasteiger partial charge in [0.15, 0.2) is 0 Å². The van der Waals surface area contributed by atoms with Gasteiger partial charge in [-0.05, 0) is 11.8 Å². The second-order valence-electron chi connectivity index (χ2n) is 3.67. The summed E-state index contributed by atoms with van der Waals surface area (Å²) in [7, 11) is 0. The van der Waals surface area contributed by atoms with Crippen LogP contribution in [0.1, 0.15) is 0 Å². The van der Waals surface area contributed by atoms with Gasteiger partial charge in [-0.3, -0.25) is 4.79 Å². The lowest BCUT2D eigenvalue weighted by molar-refractivity contribution is -0.126. The molecular formula is C9H16O5. The number of carbonyl (C=O) groups is 1. The molecule has 0 heterocycles. The van der Waals surface area contributed by atoms with E-state index in [9.17, 15) is 4.79 Å². The number of hydrogen-bond donors (Lipinski definition) is 4. The first-order valence-corrected chi connectivity index (χ1v) is 4.68. The Morgan fingerprint density at radius 3 is 1.36 bits per heavy atom. The van der Waals surface area contributed by atoms with Gasteiger partial charge < -0.3 is 20.4 Å². The minimum Gasteiger partial charge on any atom is -0.396 e. The maximum Gasteiger partial charge on any atom is 0.144 e. The molecule has 0 amide bonds. The molecule has 1 aliphatic rings. The Hall–Kier alpha value is -0.490. The average molecular weight is 204 g/mol. The van der Waals surface area contributed by atoms with Crippen LogP contribution in [0.4, 0.5) is 0 Å². The van der Waals surface area contributed by atoms with E-state index in [1.807, 2.05) is 0 Å². The van der Waals surface area contributed by atoms with Crippen molar-refractivity contribution < 1.29 is 25.2 Å². The van der Waals surface area contributed by atoms with Crippen LogP contribution in [0.15, 0.2) is 0 Å². The Morgan fingerprint density at radius 1 is 0.786 bits per heavy atom. The predicted molar refractivity (Wildman–Crippen MR) is 47.3 cm³/mol.